The van der Waals surface area contributed by atoms with E-state index in [1.165, 1.54) is 43.5 Å². The van der Waals surface area contributed by atoms with Crippen molar-refractivity contribution >= 4 is 16.9 Å². The smallest absolute Gasteiger partial charge is 0.453 e. The van der Waals surface area contributed by atoms with E-state index in [2.05, 4.69) is 4.74 Å². The molecule has 2 heterocycles. The number of methoxy groups -OCH3 is 1. The summed E-state index contributed by atoms with van der Waals surface area (Å²) in [6, 6.07) is 7.74. The Hall–Kier alpha value is -3.53. The van der Waals surface area contributed by atoms with E-state index in [0.29, 0.717) is 0 Å². The molecule has 1 N–H and O–H groups in total. The highest BCUT2D eigenvalue weighted by molar-refractivity contribution is 5.89. The Labute approximate surface area is 198 Å². The molecule has 0 radical (unpaired) electrons. The fourth-order valence-corrected chi connectivity index (χ4v) is 4.21. The molecular formula is C25H24F3NO6. The molecule has 10 heteroatoms. The molecule has 1 fully saturated rings. The minimum atomic E-state index is -5.05. The topological polar surface area (TPSA) is 89.2 Å². The summed E-state index contributed by atoms with van der Waals surface area (Å²) in [4.78, 5) is 26.8. The fraction of sp³-hybridized carbons (Fsp3) is 0.360. The van der Waals surface area contributed by atoms with E-state index in [4.69, 9.17) is 9.15 Å². The molecule has 35 heavy (non-hydrogen) atoms. The maximum absolute atomic E-state index is 14.0. The van der Waals surface area contributed by atoms with Gasteiger partial charge < -0.3 is 19.0 Å². The zero-order chi connectivity index (χ0) is 25.3. The summed E-state index contributed by atoms with van der Waals surface area (Å²) in [5.41, 5.74) is -1.07. The lowest BCUT2D eigenvalue weighted by molar-refractivity contribution is -0.154. The number of ether oxygens (including phenoxy) is 2. The van der Waals surface area contributed by atoms with E-state index in [-0.39, 0.29) is 46.2 Å². The number of esters is 1. The average molecular weight is 491 g/mol. The summed E-state index contributed by atoms with van der Waals surface area (Å²) in [6.45, 7) is 2.87. The van der Waals surface area contributed by atoms with Gasteiger partial charge in [0.2, 0.25) is 11.2 Å². The van der Waals surface area contributed by atoms with Gasteiger partial charge in [-0.05, 0) is 62.7 Å². The molecule has 1 aromatic heterocycles. The number of aromatic hydroxyl groups is 1. The van der Waals surface area contributed by atoms with Gasteiger partial charge in [0.15, 0.2) is 0 Å². The number of nitrogens with zero attached hydrogens (tertiary/aromatic N) is 1. The van der Waals surface area contributed by atoms with Gasteiger partial charge in [-0.2, -0.15) is 13.2 Å². The van der Waals surface area contributed by atoms with Crippen molar-refractivity contribution in [2.24, 2.45) is 0 Å². The highest BCUT2D eigenvalue weighted by Gasteiger charge is 2.41. The van der Waals surface area contributed by atoms with E-state index in [1.54, 1.807) is 0 Å². The Kier molecular flexibility index (Phi) is 6.75. The monoisotopic (exact) mass is 491 g/mol. The predicted octanol–water partition coefficient (Wildman–Crippen LogP) is 5.47. The molecule has 7 nitrogen and oxygen atoms in total. The summed E-state index contributed by atoms with van der Waals surface area (Å²) in [5.74, 6) is -3.62. The van der Waals surface area contributed by atoms with E-state index in [1.807, 2.05) is 11.8 Å². The van der Waals surface area contributed by atoms with Crippen LogP contribution in [-0.4, -0.2) is 35.7 Å². The van der Waals surface area contributed by atoms with E-state index in [0.717, 1.165) is 25.8 Å². The molecule has 1 saturated heterocycles. The van der Waals surface area contributed by atoms with Gasteiger partial charge in [-0.25, -0.2) is 4.79 Å². The number of piperidine rings is 1. The molecular weight excluding hydrogens is 467 g/mol. The number of hydrogen-bond donors (Lipinski definition) is 1. The summed E-state index contributed by atoms with van der Waals surface area (Å²) in [6.07, 6.45) is -2.14. The molecule has 2 aromatic carbocycles. The van der Waals surface area contributed by atoms with Crippen LogP contribution in [0.5, 0.6) is 17.2 Å². The number of alkyl halides is 3. The first-order valence-corrected chi connectivity index (χ1v) is 11.1. The number of rotatable bonds is 5. The summed E-state index contributed by atoms with van der Waals surface area (Å²) in [7, 11) is 1.20. The summed E-state index contributed by atoms with van der Waals surface area (Å²) >= 11 is 0. The second kappa shape index (κ2) is 9.61. The van der Waals surface area contributed by atoms with Gasteiger partial charge in [0.05, 0.1) is 23.6 Å². The van der Waals surface area contributed by atoms with E-state index < -0.39 is 29.1 Å². The molecule has 0 bridgehead atoms. The van der Waals surface area contributed by atoms with Crippen molar-refractivity contribution < 1.29 is 37.0 Å². The lowest BCUT2D eigenvalue weighted by Crippen LogP contribution is -2.36. The van der Waals surface area contributed by atoms with Gasteiger partial charge in [-0.3, -0.25) is 9.69 Å². The van der Waals surface area contributed by atoms with Crippen molar-refractivity contribution in [2.45, 2.75) is 44.9 Å². The SMILES string of the molecule is COC(=O)c1ccc(Oc2c(C(F)(F)F)oc3c(CN4CCCCC4C)c(O)ccc3c2=O)cc1. The number of benzene rings is 2. The molecule has 0 spiro atoms. The quantitative estimate of drug-likeness (QED) is 0.474. The molecule has 3 aromatic rings. The Bertz CT molecular complexity index is 1300. The van der Waals surface area contributed by atoms with Crippen molar-refractivity contribution in [2.75, 3.05) is 13.7 Å². The van der Waals surface area contributed by atoms with Crippen LogP contribution in [0.3, 0.4) is 0 Å². The number of likely N-dealkylation sites (tertiary alicyclic amines) is 1. The molecule has 1 aliphatic heterocycles. The molecule has 0 aliphatic carbocycles. The molecule has 1 unspecified atom stereocenters. The maximum atomic E-state index is 14.0. The number of hydrogen-bond acceptors (Lipinski definition) is 7. The average Bonchev–Trinajstić information content (AvgIpc) is 2.83. The minimum absolute atomic E-state index is 0.101. The van der Waals surface area contributed by atoms with Crippen LogP contribution in [0, 0.1) is 0 Å². The Morgan fingerprint density at radius 3 is 2.51 bits per heavy atom. The maximum Gasteiger partial charge on any atom is 0.453 e. The van der Waals surface area contributed by atoms with E-state index in [9.17, 15) is 27.9 Å². The van der Waals surface area contributed by atoms with Crippen LogP contribution < -0.4 is 10.2 Å². The van der Waals surface area contributed by atoms with Gasteiger partial charge in [0.25, 0.3) is 5.76 Å². The number of fused-ring (bicyclic) bond motifs is 1. The van der Waals surface area contributed by atoms with Crippen LogP contribution in [0.25, 0.3) is 11.0 Å². The third-order valence-corrected chi connectivity index (χ3v) is 6.15. The Morgan fingerprint density at radius 2 is 1.89 bits per heavy atom. The van der Waals surface area contributed by atoms with Crippen molar-refractivity contribution in [3.05, 3.63) is 63.5 Å². The number of phenols is 1. The highest BCUT2D eigenvalue weighted by Crippen LogP contribution is 2.40. The van der Waals surface area contributed by atoms with Gasteiger partial charge in [0.1, 0.15) is 17.1 Å². The molecule has 1 atom stereocenters. The Morgan fingerprint density at radius 1 is 1.17 bits per heavy atom. The zero-order valence-corrected chi connectivity index (χ0v) is 19.1. The Balaban J connectivity index is 1.81. The normalized spacial score (nSPS) is 16.9. The van der Waals surface area contributed by atoms with Crippen molar-refractivity contribution in [1.82, 2.24) is 4.90 Å². The third-order valence-electron chi connectivity index (χ3n) is 6.15. The minimum Gasteiger partial charge on any atom is -0.507 e. The number of phenolic OH excluding ortho intramolecular Hbond substituents is 1. The van der Waals surface area contributed by atoms with Crippen LogP contribution in [-0.2, 0) is 17.5 Å². The standard InChI is InChI=1S/C25H24F3NO6/c1-14-5-3-4-12-29(14)13-18-19(30)11-10-17-20(31)22(23(25(26,27)28)35-21(17)18)34-16-8-6-15(7-9-16)24(32)33-2/h6-11,14,30H,3-5,12-13H2,1-2H3. The first-order valence-electron chi connectivity index (χ1n) is 11.1. The predicted molar refractivity (Wildman–Crippen MR) is 121 cm³/mol. The van der Waals surface area contributed by atoms with Crippen LogP contribution in [0.1, 0.15) is 47.9 Å². The van der Waals surface area contributed by atoms with Gasteiger partial charge >= 0.3 is 12.1 Å². The number of halogens is 3. The second-order valence-electron chi connectivity index (χ2n) is 8.46. The van der Waals surface area contributed by atoms with Crippen LogP contribution >= 0.6 is 0 Å². The molecule has 0 amide bonds. The van der Waals surface area contributed by atoms with E-state index >= 15 is 0 Å². The molecule has 186 valence electrons. The lowest BCUT2D eigenvalue weighted by atomic mass is 10.0. The molecule has 1 aliphatic rings. The van der Waals surface area contributed by atoms with Crippen LogP contribution in [0.15, 0.2) is 45.6 Å². The van der Waals surface area contributed by atoms with Gasteiger partial charge in [-0.15, -0.1) is 0 Å². The van der Waals surface area contributed by atoms with Gasteiger partial charge in [-0.1, -0.05) is 6.42 Å². The lowest BCUT2D eigenvalue weighted by Gasteiger charge is -2.33. The van der Waals surface area contributed by atoms with Crippen molar-refractivity contribution in [1.29, 1.82) is 0 Å². The number of carbonyl (C=O) groups is 1. The van der Waals surface area contributed by atoms with Crippen LogP contribution in [0.2, 0.25) is 0 Å². The first-order chi connectivity index (χ1) is 16.6. The summed E-state index contributed by atoms with van der Waals surface area (Å²) < 4.78 is 57.1. The zero-order valence-electron chi connectivity index (χ0n) is 19.1. The first kappa shape index (κ1) is 24.6. The fourth-order valence-electron chi connectivity index (χ4n) is 4.21. The van der Waals surface area contributed by atoms with Gasteiger partial charge in [0, 0.05) is 12.6 Å². The summed E-state index contributed by atoms with van der Waals surface area (Å²) in [5, 5.41) is 10.3. The highest BCUT2D eigenvalue weighted by atomic mass is 19.4. The third kappa shape index (κ3) is 4.97. The molecule has 0 saturated carbocycles. The molecule has 4 rings (SSSR count). The van der Waals surface area contributed by atoms with Crippen molar-refractivity contribution in [3.8, 4) is 17.2 Å². The largest absolute Gasteiger partial charge is 0.507 e. The number of carbonyl (C=O) groups excluding carboxylic acids is 1. The van der Waals surface area contributed by atoms with Crippen LogP contribution in [0.4, 0.5) is 13.2 Å². The second-order valence-corrected chi connectivity index (χ2v) is 8.46. The van der Waals surface area contributed by atoms with Crippen molar-refractivity contribution in [3.63, 3.8) is 0 Å².